The number of amides is 1. The molecule has 0 radical (unpaired) electrons. The van der Waals surface area contributed by atoms with Crippen LogP contribution in [0.2, 0.25) is 0 Å². The monoisotopic (exact) mass is 344 g/mol. The van der Waals surface area contributed by atoms with Gasteiger partial charge < -0.3 is 0 Å². The summed E-state index contributed by atoms with van der Waals surface area (Å²) >= 11 is 1.59. The van der Waals surface area contributed by atoms with Gasteiger partial charge in [0.15, 0.2) is 0 Å². The number of carbonyl (C=O) groups is 1. The van der Waals surface area contributed by atoms with Crippen molar-refractivity contribution in [3.05, 3.63) is 39.8 Å². The van der Waals surface area contributed by atoms with Crippen molar-refractivity contribution in [1.82, 2.24) is 24.4 Å². The second-order valence-corrected chi connectivity index (χ2v) is 6.84. The predicted octanol–water partition coefficient (Wildman–Crippen LogP) is 1.09. The molecular formula is C15H16N6O2S. The summed E-state index contributed by atoms with van der Waals surface area (Å²) in [6.07, 6.45) is 8.74. The van der Waals surface area contributed by atoms with Gasteiger partial charge in [-0.3, -0.25) is 19.7 Å². The zero-order chi connectivity index (χ0) is 16.5. The Morgan fingerprint density at radius 1 is 1.29 bits per heavy atom. The number of rotatable bonds is 4. The van der Waals surface area contributed by atoms with Crippen molar-refractivity contribution < 1.29 is 4.79 Å². The third-order valence-electron chi connectivity index (χ3n) is 4.16. The number of nitrogens with zero attached hydrogens (tertiary/aromatic N) is 5. The lowest BCUT2D eigenvalue weighted by Gasteiger charge is -2.11. The summed E-state index contributed by atoms with van der Waals surface area (Å²) in [5.41, 5.74) is 3.52. The van der Waals surface area contributed by atoms with Crippen LogP contribution < -0.4 is 11.0 Å². The van der Waals surface area contributed by atoms with Gasteiger partial charge in [0.1, 0.15) is 23.8 Å². The zero-order valence-corrected chi connectivity index (χ0v) is 13.8. The number of thiophene rings is 1. The molecule has 4 rings (SSSR count). The fourth-order valence-electron chi connectivity index (χ4n) is 2.98. The Labute approximate surface area is 141 Å². The molecule has 0 saturated heterocycles. The van der Waals surface area contributed by atoms with Crippen LogP contribution in [-0.2, 0) is 24.2 Å². The molecular weight excluding hydrogens is 328 g/mol. The Hall–Kier alpha value is -2.55. The molecule has 1 aliphatic rings. The standard InChI is InChI=1S/C15H16N6O2S/c22-12(5-6-20-8-16-7-18-20)19-21-9-17-14-13(15(21)23)10-3-1-2-4-11(10)24-14/h7-9H,1-6H2,(H,19,22). The number of aryl methyl sites for hydroxylation is 3. The smallest absolute Gasteiger partial charge is 0.273 e. The van der Waals surface area contributed by atoms with E-state index in [9.17, 15) is 9.59 Å². The van der Waals surface area contributed by atoms with Crippen molar-refractivity contribution in [3.8, 4) is 0 Å². The Morgan fingerprint density at radius 3 is 3.00 bits per heavy atom. The van der Waals surface area contributed by atoms with Gasteiger partial charge in [-0.05, 0) is 31.2 Å². The summed E-state index contributed by atoms with van der Waals surface area (Å²) in [6.45, 7) is 0.407. The maximum absolute atomic E-state index is 12.7. The van der Waals surface area contributed by atoms with Gasteiger partial charge in [0.05, 0.1) is 11.9 Å². The topological polar surface area (TPSA) is 94.7 Å². The number of hydrogen-bond donors (Lipinski definition) is 1. The van der Waals surface area contributed by atoms with Crippen molar-refractivity contribution >= 4 is 27.5 Å². The van der Waals surface area contributed by atoms with Crippen LogP contribution in [0.15, 0.2) is 23.8 Å². The van der Waals surface area contributed by atoms with Crippen LogP contribution >= 0.6 is 11.3 Å². The van der Waals surface area contributed by atoms with Crippen molar-refractivity contribution in [2.75, 3.05) is 5.43 Å². The zero-order valence-electron chi connectivity index (χ0n) is 12.9. The first-order valence-electron chi connectivity index (χ1n) is 7.86. The van der Waals surface area contributed by atoms with Crippen LogP contribution in [0.4, 0.5) is 0 Å². The minimum absolute atomic E-state index is 0.200. The summed E-state index contributed by atoms with van der Waals surface area (Å²) in [5, 5.41) is 4.60. The van der Waals surface area contributed by atoms with Gasteiger partial charge in [0.25, 0.3) is 5.56 Å². The number of fused-ring (bicyclic) bond motifs is 3. The Balaban J connectivity index is 1.57. The second kappa shape index (κ2) is 6.16. The highest BCUT2D eigenvalue weighted by Crippen LogP contribution is 2.33. The third kappa shape index (κ3) is 2.71. The third-order valence-corrected chi connectivity index (χ3v) is 5.36. The average Bonchev–Trinajstić information content (AvgIpc) is 3.22. The molecule has 0 saturated carbocycles. The minimum atomic E-state index is -0.266. The van der Waals surface area contributed by atoms with Gasteiger partial charge >= 0.3 is 0 Å². The van der Waals surface area contributed by atoms with E-state index in [0.717, 1.165) is 36.1 Å². The van der Waals surface area contributed by atoms with Crippen LogP contribution in [0.25, 0.3) is 10.2 Å². The molecule has 0 bridgehead atoms. The molecule has 0 aromatic carbocycles. The van der Waals surface area contributed by atoms with E-state index in [2.05, 4.69) is 20.5 Å². The van der Waals surface area contributed by atoms with Crippen molar-refractivity contribution in [2.24, 2.45) is 0 Å². The van der Waals surface area contributed by atoms with Crippen molar-refractivity contribution in [3.63, 3.8) is 0 Å². The molecule has 3 aromatic heterocycles. The van der Waals surface area contributed by atoms with E-state index < -0.39 is 0 Å². The first-order chi connectivity index (χ1) is 11.7. The normalized spacial score (nSPS) is 13.8. The number of nitrogens with one attached hydrogen (secondary N) is 1. The molecule has 1 N–H and O–H groups in total. The molecule has 1 aliphatic carbocycles. The SMILES string of the molecule is O=C(CCn1cncn1)Nn1cnc2sc3c(c2c1=O)CCCC3. The van der Waals surface area contributed by atoms with E-state index in [-0.39, 0.29) is 17.9 Å². The fourth-order valence-corrected chi connectivity index (χ4v) is 4.20. The Morgan fingerprint density at radius 2 is 2.17 bits per heavy atom. The maximum Gasteiger partial charge on any atom is 0.281 e. The molecule has 0 atom stereocenters. The van der Waals surface area contributed by atoms with E-state index in [1.165, 1.54) is 22.2 Å². The number of carbonyl (C=O) groups excluding carboxylic acids is 1. The van der Waals surface area contributed by atoms with E-state index in [1.807, 2.05) is 0 Å². The molecule has 9 heteroatoms. The Kier molecular flexibility index (Phi) is 3.85. The van der Waals surface area contributed by atoms with Crippen LogP contribution in [0, 0.1) is 0 Å². The van der Waals surface area contributed by atoms with E-state index in [0.29, 0.717) is 11.9 Å². The highest BCUT2D eigenvalue weighted by atomic mass is 32.1. The molecule has 24 heavy (non-hydrogen) atoms. The van der Waals surface area contributed by atoms with Gasteiger partial charge in [-0.2, -0.15) is 5.10 Å². The molecule has 3 heterocycles. The average molecular weight is 344 g/mol. The van der Waals surface area contributed by atoms with E-state index in [4.69, 9.17) is 0 Å². The fraction of sp³-hybridized carbons (Fsp3) is 0.400. The van der Waals surface area contributed by atoms with Crippen LogP contribution in [0.1, 0.15) is 29.7 Å². The van der Waals surface area contributed by atoms with Crippen LogP contribution in [0.3, 0.4) is 0 Å². The lowest BCUT2D eigenvalue weighted by atomic mass is 9.97. The second-order valence-electron chi connectivity index (χ2n) is 5.75. The first-order valence-corrected chi connectivity index (χ1v) is 8.68. The van der Waals surface area contributed by atoms with Gasteiger partial charge in [-0.1, -0.05) is 0 Å². The lowest BCUT2D eigenvalue weighted by molar-refractivity contribution is -0.117. The Bertz CT molecular complexity index is 943. The summed E-state index contributed by atoms with van der Waals surface area (Å²) in [4.78, 5) is 35.0. The van der Waals surface area contributed by atoms with E-state index in [1.54, 1.807) is 22.3 Å². The van der Waals surface area contributed by atoms with Gasteiger partial charge in [0, 0.05) is 11.3 Å². The predicted molar refractivity (Wildman–Crippen MR) is 89.5 cm³/mol. The molecule has 3 aromatic rings. The minimum Gasteiger partial charge on any atom is -0.273 e. The molecule has 1 amide bonds. The number of hydrogen-bond acceptors (Lipinski definition) is 6. The molecule has 124 valence electrons. The summed E-state index contributed by atoms with van der Waals surface area (Å²) < 4.78 is 2.76. The quantitative estimate of drug-likeness (QED) is 0.764. The van der Waals surface area contributed by atoms with Crippen molar-refractivity contribution in [1.29, 1.82) is 0 Å². The molecule has 0 aliphatic heterocycles. The maximum atomic E-state index is 12.7. The van der Waals surface area contributed by atoms with Gasteiger partial charge in [-0.25, -0.2) is 14.6 Å². The van der Waals surface area contributed by atoms with Crippen LogP contribution in [0.5, 0.6) is 0 Å². The van der Waals surface area contributed by atoms with Gasteiger partial charge in [-0.15, -0.1) is 11.3 Å². The highest BCUT2D eigenvalue weighted by Gasteiger charge is 2.20. The molecule has 0 spiro atoms. The van der Waals surface area contributed by atoms with E-state index >= 15 is 0 Å². The summed E-state index contributed by atoms with van der Waals surface area (Å²) in [5.74, 6) is -0.266. The summed E-state index contributed by atoms with van der Waals surface area (Å²) in [6, 6.07) is 0. The molecule has 0 unspecified atom stereocenters. The number of aromatic nitrogens is 5. The van der Waals surface area contributed by atoms with Crippen molar-refractivity contribution in [2.45, 2.75) is 38.6 Å². The lowest BCUT2D eigenvalue weighted by Crippen LogP contribution is -2.33. The summed E-state index contributed by atoms with van der Waals surface area (Å²) in [7, 11) is 0. The highest BCUT2D eigenvalue weighted by molar-refractivity contribution is 7.18. The van der Waals surface area contributed by atoms with Crippen LogP contribution in [-0.4, -0.2) is 30.3 Å². The van der Waals surface area contributed by atoms with Gasteiger partial charge in [0.2, 0.25) is 5.91 Å². The first kappa shape index (κ1) is 15.0. The molecule has 0 fully saturated rings. The molecule has 8 nitrogen and oxygen atoms in total. The largest absolute Gasteiger partial charge is 0.281 e.